The van der Waals surface area contributed by atoms with E-state index in [1.807, 2.05) is 41.4 Å². The molecule has 3 N–H and O–H groups in total. The third kappa shape index (κ3) is 3.63. The van der Waals surface area contributed by atoms with Gasteiger partial charge in [-0.15, -0.1) is 0 Å². The summed E-state index contributed by atoms with van der Waals surface area (Å²) in [5.74, 6) is 2.57. The van der Waals surface area contributed by atoms with Crippen LogP contribution in [0.1, 0.15) is 25.0 Å². The Morgan fingerprint density at radius 2 is 1.83 bits per heavy atom. The summed E-state index contributed by atoms with van der Waals surface area (Å²) in [7, 11) is 3.24. The molecule has 0 unspecified atom stereocenters. The highest BCUT2D eigenvalue weighted by atomic mass is 79.9. The van der Waals surface area contributed by atoms with E-state index in [2.05, 4.69) is 35.2 Å². The Morgan fingerprint density at radius 1 is 1.10 bits per heavy atom. The molecule has 2 aromatic carbocycles. The molecule has 2 bridgehead atoms. The zero-order valence-corrected chi connectivity index (χ0v) is 18.9. The Bertz CT molecular complexity index is 1070. The van der Waals surface area contributed by atoms with Crippen LogP contribution in [0, 0.1) is 0 Å². The van der Waals surface area contributed by atoms with Crippen molar-refractivity contribution in [1.82, 2.24) is 10.4 Å². The summed E-state index contributed by atoms with van der Waals surface area (Å²) in [6, 6.07) is 11.9. The number of amidine groups is 2. The van der Waals surface area contributed by atoms with Crippen LogP contribution in [0.3, 0.4) is 0 Å². The molecular weight excluding hydrogens is 446 g/mol. The van der Waals surface area contributed by atoms with Gasteiger partial charge in [-0.05, 0) is 32.0 Å². The zero-order chi connectivity index (χ0) is 21.4. The Hall–Kier alpha value is -3.00. The summed E-state index contributed by atoms with van der Waals surface area (Å²) < 4.78 is 12.1. The molecule has 2 aliphatic rings. The summed E-state index contributed by atoms with van der Waals surface area (Å²) >= 11 is 3.48. The number of aliphatic imine (C=N–C) groups is 2. The number of benzene rings is 2. The van der Waals surface area contributed by atoms with Crippen molar-refractivity contribution in [2.24, 2.45) is 15.7 Å². The molecule has 0 aliphatic carbocycles. The molecule has 0 aromatic heterocycles. The lowest BCUT2D eigenvalue weighted by Crippen LogP contribution is -2.52. The molecule has 7 nitrogen and oxygen atoms in total. The summed E-state index contributed by atoms with van der Waals surface area (Å²) in [6.45, 7) is 4.19. The van der Waals surface area contributed by atoms with Gasteiger partial charge in [-0.2, -0.15) is 0 Å². The number of fused-ring (bicyclic) bond motifs is 3. The van der Waals surface area contributed by atoms with E-state index >= 15 is 0 Å². The second kappa shape index (κ2) is 8.02. The quantitative estimate of drug-likeness (QED) is 0.708. The normalized spacial score (nSPS) is 18.0. The van der Waals surface area contributed by atoms with E-state index in [1.165, 1.54) is 0 Å². The average molecular weight is 470 g/mol. The maximum Gasteiger partial charge on any atom is 0.182 e. The molecule has 2 aromatic rings. The van der Waals surface area contributed by atoms with E-state index in [1.54, 1.807) is 14.2 Å². The first kappa shape index (κ1) is 20.3. The standard InChI is InChI=1S/C22H24BrN5O2/c1-12(2)28-19-17(24)10-14-9-16(11-18(29-3)20(14)30-4)25-22(19)26-21(27-28)13-5-7-15(23)8-6-13/h5-9,11-12H,10,24H2,1-4H3,(H,25,26,27)/b19-17-. The number of hydrazine groups is 1. The fraction of sp³-hybridized carbons (Fsp3) is 0.273. The number of nitrogens with one attached hydrogen (secondary N) is 1. The molecule has 0 fully saturated rings. The Labute approximate surface area is 184 Å². The van der Waals surface area contributed by atoms with Gasteiger partial charge >= 0.3 is 0 Å². The molecule has 0 saturated carbocycles. The number of halogens is 1. The van der Waals surface area contributed by atoms with Crippen molar-refractivity contribution in [2.45, 2.75) is 26.3 Å². The second-order valence-corrected chi connectivity index (χ2v) is 8.28. The van der Waals surface area contributed by atoms with Gasteiger partial charge < -0.3 is 15.2 Å². The van der Waals surface area contributed by atoms with Gasteiger partial charge in [-0.1, -0.05) is 28.1 Å². The minimum absolute atomic E-state index is 0.124. The summed E-state index contributed by atoms with van der Waals surface area (Å²) in [6.07, 6.45) is 0.496. The molecule has 0 saturated heterocycles. The molecule has 0 radical (unpaired) electrons. The van der Waals surface area contributed by atoms with Crippen LogP contribution in [0.5, 0.6) is 11.5 Å². The third-order valence-electron chi connectivity index (χ3n) is 4.99. The van der Waals surface area contributed by atoms with E-state index in [0.717, 1.165) is 27.0 Å². The summed E-state index contributed by atoms with van der Waals surface area (Å²) in [4.78, 5) is 9.66. The van der Waals surface area contributed by atoms with Crippen LogP contribution >= 0.6 is 15.9 Å². The molecule has 30 heavy (non-hydrogen) atoms. The van der Waals surface area contributed by atoms with E-state index in [-0.39, 0.29) is 6.04 Å². The van der Waals surface area contributed by atoms with Crippen molar-refractivity contribution in [1.29, 1.82) is 0 Å². The van der Waals surface area contributed by atoms with Gasteiger partial charge in [0.1, 0.15) is 5.70 Å². The molecule has 0 amide bonds. The Morgan fingerprint density at radius 3 is 2.47 bits per heavy atom. The van der Waals surface area contributed by atoms with Gasteiger partial charge in [-0.25, -0.2) is 9.98 Å². The fourth-order valence-corrected chi connectivity index (χ4v) is 3.86. The monoisotopic (exact) mass is 469 g/mol. The third-order valence-corrected chi connectivity index (χ3v) is 5.52. The fourth-order valence-electron chi connectivity index (χ4n) is 3.60. The number of nitrogens with two attached hydrogens (primary N) is 1. The van der Waals surface area contributed by atoms with Crippen molar-refractivity contribution in [2.75, 3.05) is 14.2 Å². The van der Waals surface area contributed by atoms with Crippen molar-refractivity contribution < 1.29 is 9.47 Å². The van der Waals surface area contributed by atoms with E-state index < -0.39 is 0 Å². The SMILES string of the molecule is COc1cc2cc(c1OC)C/C(N)=C1\C(=N2)N=C(c2ccc(Br)cc2)NN1C(C)C. The molecular formula is C22H24BrN5O2. The maximum absolute atomic E-state index is 6.59. The molecule has 2 aliphatic heterocycles. The molecule has 2 heterocycles. The molecule has 0 atom stereocenters. The van der Waals surface area contributed by atoms with Gasteiger partial charge in [0.25, 0.3) is 0 Å². The number of hydrogen-bond donors (Lipinski definition) is 2. The largest absolute Gasteiger partial charge is 0.493 e. The summed E-state index contributed by atoms with van der Waals surface area (Å²) in [5, 5.41) is 2.02. The Balaban J connectivity index is 1.92. The Kier molecular flexibility index (Phi) is 5.42. The molecule has 8 heteroatoms. The summed E-state index contributed by atoms with van der Waals surface area (Å²) in [5.41, 5.74) is 14.1. The number of rotatable bonds is 4. The first-order chi connectivity index (χ1) is 14.4. The van der Waals surface area contributed by atoms with Crippen LogP contribution in [0.25, 0.3) is 0 Å². The lowest BCUT2D eigenvalue weighted by atomic mass is 10.0. The average Bonchev–Trinajstić information content (AvgIpc) is 2.72. The van der Waals surface area contributed by atoms with Crippen LogP contribution in [-0.4, -0.2) is 36.9 Å². The molecule has 0 spiro atoms. The van der Waals surface area contributed by atoms with Gasteiger partial charge in [0.15, 0.2) is 23.2 Å². The first-order valence-electron chi connectivity index (χ1n) is 9.64. The highest BCUT2D eigenvalue weighted by Crippen LogP contribution is 2.39. The highest BCUT2D eigenvalue weighted by molar-refractivity contribution is 9.10. The number of nitrogens with zero attached hydrogens (tertiary/aromatic N) is 3. The number of methoxy groups -OCH3 is 2. The zero-order valence-electron chi connectivity index (χ0n) is 17.4. The van der Waals surface area contributed by atoms with Crippen LogP contribution in [-0.2, 0) is 6.42 Å². The van der Waals surface area contributed by atoms with E-state index in [9.17, 15) is 0 Å². The van der Waals surface area contributed by atoms with Gasteiger partial charge in [0.05, 0.1) is 19.9 Å². The van der Waals surface area contributed by atoms with Gasteiger partial charge in [-0.3, -0.25) is 10.4 Å². The predicted molar refractivity (Wildman–Crippen MR) is 122 cm³/mol. The van der Waals surface area contributed by atoms with Crippen molar-refractivity contribution >= 4 is 33.3 Å². The smallest absolute Gasteiger partial charge is 0.182 e. The number of ether oxygens (including phenoxy) is 2. The second-order valence-electron chi connectivity index (χ2n) is 7.37. The van der Waals surface area contributed by atoms with Crippen molar-refractivity contribution in [3.8, 4) is 11.5 Å². The molecule has 4 rings (SSSR count). The number of hydrogen-bond acceptors (Lipinski definition) is 7. The lowest BCUT2D eigenvalue weighted by Gasteiger charge is -2.37. The lowest BCUT2D eigenvalue weighted by molar-refractivity contribution is 0.251. The van der Waals surface area contributed by atoms with Crippen LogP contribution < -0.4 is 20.6 Å². The minimum Gasteiger partial charge on any atom is -0.493 e. The van der Waals surface area contributed by atoms with Crippen LogP contribution in [0.4, 0.5) is 5.69 Å². The predicted octanol–water partition coefficient (Wildman–Crippen LogP) is 3.90. The first-order valence-corrected chi connectivity index (χ1v) is 10.4. The highest BCUT2D eigenvalue weighted by Gasteiger charge is 2.30. The van der Waals surface area contributed by atoms with E-state index in [0.29, 0.717) is 35.3 Å². The van der Waals surface area contributed by atoms with Crippen molar-refractivity contribution in [3.63, 3.8) is 0 Å². The van der Waals surface area contributed by atoms with E-state index in [4.69, 9.17) is 25.2 Å². The van der Waals surface area contributed by atoms with Crippen molar-refractivity contribution in [3.05, 3.63) is 63.4 Å². The van der Waals surface area contributed by atoms with Crippen LogP contribution in [0.2, 0.25) is 0 Å². The number of allylic oxidation sites excluding steroid dienone is 1. The maximum atomic E-state index is 6.59. The topological polar surface area (TPSA) is 84.5 Å². The van der Waals surface area contributed by atoms with Crippen LogP contribution in [0.15, 0.2) is 62.2 Å². The van der Waals surface area contributed by atoms with Gasteiger partial charge in [0, 0.05) is 39.8 Å². The van der Waals surface area contributed by atoms with Gasteiger partial charge in [0.2, 0.25) is 0 Å². The molecule has 156 valence electrons. The minimum atomic E-state index is 0.124.